The number of hydrogen-bond donors (Lipinski definition) is 1. The van der Waals surface area contributed by atoms with Crippen LogP contribution in [-0.4, -0.2) is 11.1 Å². The molecule has 0 fully saturated rings. The Morgan fingerprint density at radius 1 is 1.64 bits per heavy atom. The van der Waals surface area contributed by atoms with Crippen LogP contribution in [-0.2, 0) is 0 Å². The van der Waals surface area contributed by atoms with Gasteiger partial charge in [-0.25, -0.2) is 4.79 Å². The summed E-state index contributed by atoms with van der Waals surface area (Å²) >= 11 is 6.69. The molecule has 2 nitrogen and oxygen atoms in total. The zero-order chi connectivity index (χ0) is 8.85. The van der Waals surface area contributed by atoms with Crippen molar-refractivity contribution in [2.75, 3.05) is 0 Å². The van der Waals surface area contributed by atoms with E-state index in [0.29, 0.717) is 4.34 Å². The summed E-state index contributed by atoms with van der Waals surface area (Å²) in [6.07, 6.45) is 0. The van der Waals surface area contributed by atoms with Gasteiger partial charge in [0.2, 0.25) is 0 Å². The molecule has 62 valence electrons. The van der Waals surface area contributed by atoms with E-state index >= 15 is 0 Å². The predicted octanol–water partition coefficient (Wildman–Crippen LogP) is 3.13. The van der Waals surface area contributed by atoms with Crippen molar-refractivity contribution in [3.05, 3.63) is 21.3 Å². The quantitative estimate of drug-likeness (QED) is 0.743. The molecule has 1 heterocycles. The summed E-state index contributed by atoms with van der Waals surface area (Å²) in [6, 6.07) is 1.48. The Hall–Kier alpha value is -0.540. The van der Waals surface area contributed by atoms with Gasteiger partial charge in [-0.3, -0.25) is 0 Å². The molecule has 0 aliphatic carbocycles. The van der Waals surface area contributed by atoms with E-state index in [9.17, 15) is 4.79 Å². The summed E-state index contributed by atoms with van der Waals surface area (Å²) in [6.45, 7) is 4.00. The number of carboxylic acids is 1. The second kappa shape index (κ2) is 5.16. The van der Waals surface area contributed by atoms with E-state index in [1.807, 2.05) is 13.8 Å². The molecule has 0 aliphatic rings. The number of thiophene rings is 1. The fourth-order valence-corrected chi connectivity index (χ4v) is 1.35. The highest BCUT2D eigenvalue weighted by Crippen LogP contribution is 2.21. The summed E-state index contributed by atoms with van der Waals surface area (Å²) in [4.78, 5) is 10.2. The number of carboxylic acid groups (broad SMARTS) is 1. The van der Waals surface area contributed by atoms with Gasteiger partial charge in [0.05, 0.1) is 5.56 Å². The van der Waals surface area contributed by atoms with Gasteiger partial charge in [-0.1, -0.05) is 25.4 Å². The Balaban J connectivity index is 0.000000461. The summed E-state index contributed by atoms with van der Waals surface area (Å²) in [7, 11) is 0. The van der Waals surface area contributed by atoms with Crippen LogP contribution in [0.25, 0.3) is 0 Å². The van der Waals surface area contributed by atoms with E-state index in [1.165, 1.54) is 17.4 Å². The third-order valence-corrected chi connectivity index (χ3v) is 2.02. The lowest BCUT2D eigenvalue weighted by molar-refractivity contribution is 0.0697. The Morgan fingerprint density at radius 2 is 2.18 bits per heavy atom. The first-order valence-electron chi connectivity index (χ1n) is 3.18. The average molecular weight is 193 g/mol. The first-order chi connectivity index (χ1) is 5.22. The van der Waals surface area contributed by atoms with Gasteiger partial charge in [0.1, 0.15) is 4.34 Å². The predicted molar refractivity (Wildman–Crippen MR) is 47.6 cm³/mol. The average Bonchev–Trinajstić information content (AvgIpc) is 2.39. The van der Waals surface area contributed by atoms with Crippen molar-refractivity contribution >= 4 is 28.9 Å². The molecule has 0 amide bonds. The minimum atomic E-state index is -0.971. The van der Waals surface area contributed by atoms with Gasteiger partial charge in [0, 0.05) is 0 Å². The van der Waals surface area contributed by atoms with E-state index < -0.39 is 5.97 Å². The summed E-state index contributed by atoms with van der Waals surface area (Å²) in [5.41, 5.74) is 0.182. The Labute approximate surface area is 74.4 Å². The normalized spacial score (nSPS) is 8.27. The molecule has 0 radical (unpaired) electrons. The Kier molecular flexibility index (Phi) is 4.90. The van der Waals surface area contributed by atoms with Crippen LogP contribution in [0.1, 0.15) is 24.2 Å². The molecular formula is C7H9ClO2S. The molecule has 1 rings (SSSR count). The van der Waals surface area contributed by atoms with Crippen LogP contribution in [0.4, 0.5) is 0 Å². The van der Waals surface area contributed by atoms with Crippen molar-refractivity contribution < 1.29 is 9.90 Å². The zero-order valence-electron chi connectivity index (χ0n) is 6.30. The van der Waals surface area contributed by atoms with Crippen molar-refractivity contribution in [1.29, 1.82) is 0 Å². The molecule has 4 heteroatoms. The summed E-state index contributed by atoms with van der Waals surface area (Å²) in [5, 5.41) is 10.0. The molecule has 0 bridgehead atoms. The fourth-order valence-electron chi connectivity index (χ4n) is 0.446. The van der Waals surface area contributed by atoms with Gasteiger partial charge >= 0.3 is 5.97 Å². The molecule has 0 atom stereocenters. The van der Waals surface area contributed by atoms with Gasteiger partial charge in [0.25, 0.3) is 0 Å². The minimum Gasteiger partial charge on any atom is -0.478 e. The van der Waals surface area contributed by atoms with Crippen molar-refractivity contribution in [2.24, 2.45) is 0 Å². The number of carbonyl (C=O) groups is 1. The lowest BCUT2D eigenvalue weighted by Gasteiger charge is -1.84. The third kappa shape index (κ3) is 2.91. The van der Waals surface area contributed by atoms with E-state index in [4.69, 9.17) is 16.7 Å². The maximum atomic E-state index is 10.2. The standard InChI is InChI=1S/C5H3ClO2S.C2H6/c6-4-3(5(7)8)1-2-9-4;1-2/h1-2H,(H,7,8);1-2H3. The molecule has 0 aliphatic heterocycles. The fraction of sp³-hybridized carbons (Fsp3) is 0.286. The molecule has 0 unspecified atom stereocenters. The highest BCUT2D eigenvalue weighted by Gasteiger charge is 2.07. The molecule has 0 aromatic carbocycles. The highest BCUT2D eigenvalue weighted by molar-refractivity contribution is 7.14. The monoisotopic (exact) mass is 192 g/mol. The van der Waals surface area contributed by atoms with Crippen LogP contribution in [0.2, 0.25) is 4.34 Å². The first kappa shape index (κ1) is 10.5. The van der Waals surface area contributed by atoms with Crippen LogP contribution in [0.5, 0.6) is 0 Å². The first-order valence-corrected chi connectivity index (χ1v) is 4.44. The topological polar surface area (TPSA) is 37.3 Å². The van der Waals surface area contributed by atoms with Gasteiger partial charge < -0.3 is 5.11 Å². The molecule has 1 N–H and O–H groups in total. The second-order valence-electron chi connectivity index (χ2n) is 1.41. The highest BCUT2D eigenvalue weighted by atomic mass is 35.5. The summed E-state index contributed by atoms with van der Waals surface area (Å²) in [5.74, 6) is -0.971. The number of halogens is 1. The number of hydrogen-bond acceptors (Lipinski definition) is 2. The third-order valence-electron chi connectivity index (χ3n) is 0.848. The molecule has 0 spiro atoms. The largest absolute Gasteiger partial charge is 0.478 e. The summed E-state index contributed by atoms with van der Waals surface area (Å²) < 4.78 is 0.336. The van der Waals surface area contributed by atoms with Gasteiger partial charge in [-0.2, -0.15) is 0 Å². The van der Waals surface area contributed by atoms with E-state index in [0.717, 1.165) is 0 Å². The van der Waals surface area contributed by atoms with Gasteiger partial charge in [0.15, 0.2) is 0 Å². The van der Waals surface area contributed by atoms with Gasteiger partial charge in [-0.05, 0) is 11.4 Å². The van der Waals surface area contributed by atoms with E-state index in [-0.39, 0.29) is 5.56 Å². The molecular weight excluding hydrogens is 184 g/mol. The minimum absolute atomic E-state index is 0.182. The van der Waals surface area contributed by atoms with Crippen LogP contribution >= 0.6 is 22.9 Å². The van der Waals surface area contributed by atoms with Crippen LogP contribution in [0, 0.1) is 0 Å². The van der Waals surface area contributed by atoms with Gasteiger partial charge in [-0.15, -0.1) is 11.3 Å². The lowest BCUT2D eigenvalue weighted by Crippen LogP contribution is -1.92. The molecule has 1 aromatic rings. The second-order valence-corrected chi connectivity index (χ2v) is 2.93. The Bertz CT molecular complexity index is 232. The van der Waals surface area contributed by atoms with E-state index in [1.54, 1.807) is 5.38 Å². The molecule has 0 saturated heterocycles. The van der Waals surface area contributed by atoms with Crippen molar-refractivity contribution in [1.82, 2.24) is 0 Å². The molecule has 0 saturated carbocycles. The van der Waals surface area contributed by atoms with Crippen LogP contribution < -0.4 is 0 Å². The zero-order valence-corrected chi connectivity index (χ0v) is 7.87. The molecule has 11 heavy (non-hydrogen) atoms. The van der Waals surface area contributed by atoms with Crippen molar-refractivity contribution in [2.45, 2.75) is 13.8 Å². The Morgan fingerprint density at radius 3 is 2.36 bits per heavy atom. The van der Waals surface area contributed by atoms with Crippen molar-refractivity contribution in [3.63, 3.8) is 0 Å². The lowest BCUT2D eigenvalue weighted by atomic mass is 10.4. The van der Waals surface area contributed by atoms with E-state index in [2.05, 4.69) is 0 Å². The maximum Gasteiger partial charge on any atom is 0.338 e. The van der Waals surface area contributed by atoms with Crippen LogP contribution in [0.3, 0.4) is 0 Å². The molecule has 1 aromatic heterocycles. The van der Waals surface area contributed by atoms with Crippen LogP contribution in [0.15, 0.2) is 11.4 Å². The maximum absolute atomic E-state index is 10.2. The smallest absolute Gasteiger partial charge is 0.338 e. The number of aromatic carboxylic acids is 1. The SMILES string of the molecule is CC.O=C(O)c1ccsc1Cl. The van der Waals surface area contributed by atoms with Crippen molar-refractivity contribution in [3.8, 4) is 0 Å². The number of rotatable bonds is 1.